The lowest BCUT2D eigenvalue weighted by atomic mass is 9.80. The Bertz CT molecular complexity index is 822. The van der Waals surface area contributed by atoms with Crippen molar-refractivity contribution in [2.45, 2.75) is 38.6 Å². The van der Waals surface area contributed by atoms with E-state index in [-0.39, 0.29) is 11.5 Å². The molecule has 150 valence electrons. The van der Waals surface area contributed by atoms with Crippen molar-refractivity contribution in [3.63, 3.8) is 0 Å². The normalized spacial score (nSPS) is 19.4. The van der Waals surface area contributed by atoms with Crippen LogP contribution in [0, 0.1) is 22.0 Å². The molecule has 0 spiro atoms. The van der Waals surface area contributed by atoms with Crippen molar-refractivity contribution >= 4 is 29.1 Å². The minimum Gasteiger partial charge on any atom is -0.378 e. The molecule has 0 amide bonds. The molecule has 3 rings (SSSR count). The third-order valence-electron chi connectivity index (χ3n) is 5.31. The van der Waals surface area contributed by atoms with Crippen LogP contribution >= 0.6 is 11.6 Å². The number of nitrogen functional groups attached to an aromatic ring is 1. The molecule has 1 aliphatic rings. The molecule has 0 radical (unpaired) electrons. The lowest BCUT2D eigenvalue weighted by Crippen LogP contribution is -2.23. The average molecular weight is 405 g/mol. The Morgan fingerprint density at radius 2 is 1.79 bits per heavy atom. The van der Waals surface area contributed by atoms with E-state index in [1.54, 1.807) is 12.1 Å². The van der Waals surface area contributed by atoms with E-state index in [4.69, 9.17) is 23.1 Å². The van der Waals surface area contributed by atoms with Crippen LogP contribution in [0.15, 0.2) is 24.3 Å². The Morgan fingerprint density at radius 1 is 1.14 bits per heavy atom. The quantitative estimate of drug-likeness (QED) is 0.474. The molecule has 0 saturated heterocycles. The Morgan fingerprint density at radius 3 is 2.39 bits per heavy atom. The molecule has 1 aromatic carbocycles. The van der Waals surface area contributed by atoms with E-state index >= 15 is 0 Å². The number of hydrogen-bond donors (Lipinski definition) is 3. The predicted molar refractivity (Wildman–Crippen MR) is 110 cm³/mol. The van der Waals surface area contributed by atoms with Gasteiger partial charge in [-0.3, -0.25) is 10.1 Å². The highest BCUT2D eigenvalue weighted by atomic mass is 35.5. The van der Waals surface area contributed by atoms with E-state index in [9.17, 15) is 10.1 Å². The monoisotopic (exact) mass is 404 g/mol. The third-order valence-corrected chi connectivity index (χ3v) is 5.56. The van der Waals surface area contributed by atoms with Gasteiger partial charge >= 0.3 is 5.69 Å². The van der Waals surface area contributed by atoms with Crippen LogP contribution in [-0.2, 0) is 13.0 Å². The molecule has 0 unspecified atom stereocenters. The van der Waals surface area contributed by atoms with Crippen LogP contribution in [0.1, 0.15) is 36.9 Å². The number of nitrogens with two attached hydrogens (primary N) is 2. The van der Waals surface area contributed by atoms with Gasteiger partial charge in [-0.2, -0.15) is 4.98 Å². The number of rotatable bonds is 7. The Hall–Kier alpha value is -2.45. The second kappa shape index (κ2) is 9.16. The molecular formula is C19H25ClN6O2. The number of nitrogens with zero attached hydrogens (tertiary/aromatic N) is 3. The Balaban J connectivity index is 1.75. The minimum atomic E-state index is -0.487. The number of anilines is 2. The standard InChI is InChI=1S/C19H25ClN6O2/c20-15-7-5-14(6-8-15)11-23-19-24-16(17(26(27)28)18(22)25-19)9-12-1-3-13(10-21)4-2-12/h5-8,12-13H,1-4,9-11,21H2,(H3,22,23,24,25). The highest BCUT2D eigenvalue weighted by Crippen LogP contribution is 2.34. The van der Waals surface area contributed by atoms with Gasteiger partial charge < -0.3 is 16.8 Å². The van der Waals surface area contributed by atoms with Gasteiger partial charge in [0, 0.05) is 11.6 Å². The van der Waals surface area contributed by atoms with Crippen molar-refractivity contribution in [2.24, 2.45) is 17.6 Å². The summed E-state index contributed by atoms with van der Waals surface area (Å²) >= 11 is 5.90. The van der Waals surface area contributed by atoms with Gasteiger partial charge in [-0.15, -0.1) is 0 Å². The molecule has 2 aromatic rings. The summed E-state index contributed by atoms with van der Waals surface area (Å²) in [6.45, 7) is 1.17. The molecule has 1 aliphatic carbocycles. The molecule has 5 N–H and O–H groups in total. The first-order valence-corrected chi connectivity index (χ1v) is 9.83. The highest BCUT2D eigenvalue weighted by molar-refractivity contribution is 6.30. The highest BCUT2D eigenvalue weighted by Gasteiger charge is 2.27. The zero-order valence-electron chi connectivity index (χ0n) is 15.6. The van der Waals surface area contributed by atoms with E-state index in [2.05, 4.69) is 15.3 Å². The molecule has 28 heavy (non-hydrogen) atoms. The van der Waals surface area contributed by atoms with Crippen molar-refractivity contribution < 1.29 is 4.92 Å². The SMILES string of the molecule is NCC1CCC(Cc2nc(NCc3ccc(Cl)cc3)nc(N)c2[N+](=O)[O-])CC1. The maximum atomic E-state index is 11.5. The summed E-state index contributed by atoms with van der Waals surface area (Å²) in [5.41, 5.74) is 12.9. The number of nitrogens with one attached hydrogen (secondary N) is 1. The van der Waals surface area contributed by atoms with E-state index in [0.29, 0.717) is 48.0 Å². The number of hydrogen-bond acceptors (Lipinski definition) is 7. The summed E-state index contributed by atoms with van der Waals surface area (Å²) < 4.78 is 0. The van der Waals surface area contributed by atoms with Gasteiger partial charge in [0.25, 0.3) is 0 Å². The van der Waals surface area contributed by atoms with Crippen LogP contribution in [0.25, 0.3) is 0 Å². The van der Waals surface area contributed by atoms with Crippen molar-refractivity contribution in [2.75, 3.05) is 17.6 Å². The van der Waals surface area contributed by atoms with E-state index in [1.165, 1.54) is 0 Å². The summed E-state index contributed by atoms with van der Waals surface area (Å²) in [6, 6.07) is 7.38. The Labute approximate surface area is 168 Å². The molecule has 0 aliphatic heterocycles. The minimum absolute atomic E-state index is 0.107. The zero-order chi connectivity index (χ0) is 20.1. The lowest BCUT2D eigenvalue weighted by Gasteiger charge is -2.27. The molecule has 0 bridgehead atoms. The average Bonchev–Trinajstić information content (AvgIpc) is 2.67. The summed E-state index contributed by atoms with van der Waals surface area (Å²) in [5, 5.41) is 15.3. The van der Waals surface area contributed by atoms with Crippen LogP contribution in [0.3, 0.4) is 0 Å². The number of aromatic nitrogens is 2. The largest absolute Gasteiger partial charge is 0.378 e. The van der Waals surface area contributed by atoms with E-state index in [0.717, 1.165) is 31.2 Å². The summed E-state index contributed by atoms with van der Waals surface area (Å²) in [7, 11) is 0. The topological polar surface area (TPSA) is 133 Å². The molecule has 1 fully saturated rings. The number of nitro groups is 1. The fourth-order valence-corrected chi connectivity index (χ4v) is 3.80. The summed E-state index contributed by atoms with van der Waals surface area (Å²) in [6.07, 6.45) is 4.62. The smallest absolute Gasteiger partial charge is 0.332 e. The van der Waals surface area contributed by atoms with Crippen LogP contribution in [0.4, 0.5) is 17.5 Å². The molecule has 1 heterocycles. The second-order valence-electron chi connectivity index (χ2n) is 7.29. The molecule has 0 atom stereocenters. The first kappa shape index (κ1) is 20.3. The molecule has 8 nitrogen and oxygen atoms in total. The van der Waals surface area contributed by atoms with Crippen LogP contribution < -0.4 is 16.8 Å². The van der Waals surface area contributed by atoms with E-state index in [1.807, 2.05) is 12.1 Å². The van der Waals surface area contributed by atoms with Crippen molar-refractivity contribution in [1.29, 1.82) is 0 Å². The van der Waals surface area contributed by atoms with E-state index < -0.39 is 4.92 Å². The first-order valence-electron chi connectivity index (χ1n) is 9.45. The van der Waals surface area contributed by atoms with Gasteiger partial charge in [-0.25, -0.2) is 4.98 Å². The molecule has 1 aromatic heterocycles. The summed E-state index contributed by atoms with van der Waals surface area (Å²) in [4.78, 5) is 19.5. The van der Waals surface area contributed by atoms with Gasteiger partial charge in [-0.1, -0.05) is 23.7 Å². The van der Waals surface area contributed by atoms with Crippen LogP contribution in [-0.4, -0.2) is 21.4 Å². The van der Waals surface area contributed by atoms with Gasteiger partial charge in [-0.05, 0) is 68.2 Å². The van der Waals surface area contributed by atoms with Crippen molar-refractivity contribution in [1.82, 2.24) is 9.97 Å². The zero-order valence-corrected chi connectivity index (χ0v) is 16.4. The van der Waals surface area contributed by atoms with Crippen LogP contribution in [0.2, 0.25) is 5.02 Å². The number of benzene rings is 1. The lowest BCUT2D eigenvalue weighted by molar-refractivity contribution is -0.385. The van der Waals surface area contributed by atoms with Crippen LogP contribution in [0.5, 0.6) is 0 Å². The fraction of sp³-hybridized carbons (Fsp3) is 0.474. The fourth-order valence-electron chi connectivity index (χ4n) is 3.67. The van der Waals surface area contributed by atoms with Crippen molar-refractivity contribution in [3.05, 3.63) is 50.7 Å². The summed E-state index contributed by atoms with van der Waals surface area (Å²) in [5.74, 6) is 1.09. The molecular weight excluding hydrogens is 380 g/mol. The van der Waals surface area contributed by atoms with Gasteiger partial charge in [0.1, 0.15) is 5.69 Å². The number of halogens is 1. The maximum absolute atomic E-state index is 11.5. The predicted octanol–water partition coefficient (Wildman–Crippen LogP) is 3.54. The van der Waals surface area contributed by atoms with Gasteiger partial charge in [0.2, 0.25) is 11.8 Å². The van der Waals surface area contributed by atoms with Gasteiger partial charge in [0.15, 0.2) is 0 Å². The molecule has 9 heteroatoms. The maximum Gasteiger partial charge on any atom is 0.332 e. The van der Waals surface area contributed by atoms with Gasteiger partial charge in [0.05, 0.1) is 4.92 Å². The van der Waals surface area contributed by atoms with Crippen molar-refractivity contribution in [3.8, 4) is 0 Å². The Kier molecular flexibility index (Phi) is 6.64. The molecule has 1 saturated carbocycles. The third kappa shape index (κ3) is 5.08. The second-order valence-corrected chi connectivity index (χ2v) is 7.73. The first-order chi connectivity index (χ1) is 13.5.